The SMILES string of the molecule is Cc1cc(C2=C(O)c3c(Cl)c(Cl)c(Cl)c(Cl)c3C2=O)nc2ccccc12. The number of aryl methyl sites for hydroxylation is 1. The third-order valence-electron chi connectivity index (χ3n) is 4.37. The van der Waals surface area contributed by atoms with Gasteiger partial charge in [-0.15, -0.1) is 0 Å². The number of rotatable bonds is 1. The van der Waals surface area contributed by atoms with Gasteiger partial charge >= 0.3 is 0 Å². The summed E-state index contributed by atoms with van der Waals surface area (Å²) in [6, 6.07) is 9.28. The van der Waals surface area contributed by atoms with Crippen LogP contribution in [0.2, 0.25) is 20.1 Å². The summed E-state index contributed by atoms with van der Waals surface area (Å²) >= 11 is 24.5. The minimum Gasteiger partial charge on any atom is -0.506 e. The third kappa shape index (κ3) is 2.35. The molecule has 1 N–H and O–H groups in total. The predicted molar refractivity (Wildman–Crippen MR) is 107 cm³/mol. The molecule has 130 valence electrons. The van der Waals surface area contributed by atoms with E-state index in [2.05, 4.69) is 4.98 Å². The van der Waals surface area contributed by atoms with Gasteiger partial charge in [-0.05, 0) is 24.6 Å². The number of fused-ring (bicyclic) bond motifs is 2. The van der Waals surface area contributed by atoms with Gasteiger partial charge in [-0.25, -0.2) is 4.98 Å². The summed E-state index contributed by atoms with van der Waals surface area (Å²) in [5.41, 5.74) is 2.10. The van der Waals surface area contributed by atoms with E-state index in [0.717, 1.165) is 10.9 Å². The number of pyridine rings is 1. The van der Waals surface area contributed by atoms with E-state index in [-0.39, 0.29) is 42.5 Å². The van der Waals surface area contributed by atoms with E-state index in [9.17, 15) is 9.90 Å². The van der Waals surface area contributed by atoms with Crippen LogP contribution in [-0.2, 0) is 0 Å². The zero-order valence-corrected chi connectivity index (χ0v) is 16.2. The molecule has 4 rings (SSSR count). The van der Waals surface area contributed by atoms with E-state index >= 15 is 0 Å². The van der Waals surface area contributed by atoms with Gasteiger partial charge in [0.25, 0.3) is 0 Å². The Morgan fingerprint density at radius 2 is 1.54 bits per heavy atom. The fourth-order valence-electron chi connectivity index (χ4n) is 3.14. The lowest BCUT2D eigenvalue weighted by atomic mass is 10.0. The quantitative estimate of drug-likeness (QED) is 0.346. The molecule has 0 saturated heterocycles. The fourth-order valence-corrected chi connectivity index (χ4v) is 4.17. The van der Waals surface area contributed by atoms with E-state index in [0.29, 0.717) is 11.2 Å². The maximum absolute atomic E-state index is 13.0. The van der Waals surface area contributed by atoms with Crippen molar-refractivity contribution in [2.24, 2.45) is 0 Å². The summed E-state index contributed by atoms with van der Waals surface area (Å²) in [5.74, 6) is -0.803. The maximum atomic E-state index is 13.0. The van der Waals surface area contributed by atoms with Crippen LogP contribution in [0.4, 0.5) is 0 Å². The van der Waals surface area contributed by atoms with Crippen LogP contribution < -0.4 is 0 Å². The second-order valence-electron chi connectivity index (χ2n) is 5.90. The smallest absolute Gasteiger partial charge is 0.201 e. The van der Waals surface area contributed by atoms with E-state index in [4.69, 9.17) is 46.4 Å². The van der Waals surface area contributed by atoms with Crippen molar-refractivity contribution in [3.05, 3.63) is 72.8 Å². The molecule has 1 aromatic heterocycles. The van der Waals surface area contributed by atoms with Crippen LogP contribution in [0.3, 0.4) is 0 Å². The molecule has 0 atom stereocenters. The monoisotopic (exact) mass is 423 g/mol. The highest BCUT2D eigenvalue weighted by molar-refractivity contribution is 6.56. The van der Waals surface area contributed by atoms with Gasteiger partial charge in [-0.1, -0.05) is 64.6 Å². The van der Waals surface area contributed by atoms with Crippen molar-refractivity contribution in [1.82, 2.24) is 4.98 Å². The zero-order chi connectivity index (χ0) is 18.7. The molecule has 1 aliphatic carbocycles. The highest BCUT2D eigenvalue weighted by Crippen LogP contribution is 2.49. The molecule has 1 aliphatic rings. The highest BCUT2D eigenvalue weighted by atomic mass is 35.5. The molecule has 3 nitrogen and oxygen atoms in total. The lowest BCUT2D eigenvalue weighted by Crippen LogP contribution is -2.03. The molecule has 0 unspecified atom stereocenters. The van der Waals surface area contributed by atoms with Crippen molar-refractivity contribution < 1.29 is 9.90 Å². The van der Waals surface area contributed by atoms with Crippen molar-refractivity contribution in [1.29, 1.82) is 0 Å². The molecule has 26 heavy (non-hydrogen) atoms. The number of carbonyl (C=O) groups is 1. The van der Waals surface area contributed by atoms with Gasteiger partial charge in [-0.3, -0.25) is 4.79 Å². The largest absolute Gasteiger partial charge is 0.506 e. The Hall–Kier alpha value is -1.78. The first-order valence-corrected chi connectivity index (χ1v) is 9.05. The molecular weight excluding hydrogens is 416 g/mol. The molecular formula is C19H9Cl4NO2. The van der Waals surface area contributed by atoms with Crippen molar-refractivity contribution in [3.63, 3.8) is 0 Å². The molecule has 0 radical (unpaired) electrons. The number of ketones is 1. The van der Waals surface area contributed by atoms with Crippen LogP contribution in [0.1, 0.15) is 27.2 Å². The number of halogens is 4. The molecule has 0 saturated carbocycles. The Labute approximate surface area is 168 Å². The van der Waals surface area contributed by atoms with Gasteiger partial charge in [0.15, 0.2) is 0 Å². The summed E-state index contributed by atoms with van der Waals surface area (Å²) in [7, 11) is 0. The van der Waals surface area contributed by atoms with Gasteiger partial charge < -0.3 is 5.11 Å². The average molecular weight is 425 g/mol. The van der Waals surface area contributed by atoms with Crippen LogP contribution >= 0.6 is 46.4 Å². The number of allylic oxidation sites excluding steroid dienone is 1. The van der Waals surface area contributed by atoms with E-state index in [1.54, 1.807) is 6.07 Å². The average Bonchev–Trinajstić information content (AvgIpc) is 2.88. The second kappa shape index (κ2) is 6.14. The summed E-state index contributed by atoms with van der Waals surface area (Å²) in [6.07, 6.45) is 0. The molecule has 0 amide bonds. The van der Waals surface area contributed by atoms with Crippen LogP contribution in [0.25, 0.3) is 22.2 Å². The number of para-hydroxylation sites is 1. The van der Waals surface area contributed by atoms with Gasteiger partial charge in [-0.2, -0.15) is 0 Å². The minimum absolute atomic E-state index is 0.0136. The van der Waals surface area contributed by atoms with Gasteiger partial charge in [0, 0.05) is 5.39 Å². The Bertz CT molecular complexity index is 1170. The first-order valence-electron chi connectivity index (χ1n) is 7.54. The number of hydrogen-bond donors (Lipinski definition) is 1. The van der Waals surface area contributed by atoms with E-state index in [1.807, 2.05) is 31.2 Å². The van der Waals surface area contributed by atoms with Gasteiger partial charge in [0.05, 0.1) is 48.0 Å². The summed E-state index contributed by atoms with van der Waals surface area (Å²) in [6.45, 7) is 1.91. The second-order valence-corrected chi connectivity index (χ2v) is 7.41. The Kier molecular flexibility index (Phi) is 4.16. The predicted octanol–water partition coefficient (Wildman–Crippen LogP) is 6.78. The van der Waals surface area contributed by atoms with Crippen LogP contribution in [0, 0.1) is 6.92 Å². The molecule has 0 aliphatic heterocycles. The standard InChI is InChI=1S/C19H9Cl4NO2/c1-7-6-10(24-9-5-3-2-4-8(7)9)11-18(25)12-13(19(11)26)15(21)17(23)16(22)14(12)20/h2-6,25H,1H3. The molecule has 3 aromatic rings. The lowest BCUT2D eigenvalue weighted by molar-refractivity contribution is 0.105. The Morgan fingerprint density at radius 1 is 0.923 bits per heavy atom. The maximum Gasteiger partial charge on any atom is 0.201 e. The van der Waals surface area contributed by atoms with Crippen molar-refractivity contribution >= 4 is 74.4 Å². The number of aromatic nitrogens is 1. The van der Waals surface area contributed by atoms with Crippen molar-refractivity contribution in [3.8, 4) is 0 Å². The molecule has 0 fully saturated rings. The number of benzene rings is 2. The number of hydrogen-bond acceptors (Lipinski definition) is 3. The highest BCUT2D eigenvalue weighted by Gasteiger charge is 2.38. The topological polar surface area (TPSA) is 50.2 Å². The van der Waals surface area contributed by atoms with Crippen LogP contribution in [0.15, 0.2) is 30.3 Å². The molecule has 0 bridgehead atoms. The van der Waals surface area contributed by atoms with E-state index in [1.165, 1.54) is 0 Å². The summed E-state index contributed by atoms with van der Waals surface area (Å²) < 4.78 is 0. The van der Waals surface area contributed by atoms with Gasteiger partial charge in [0.1, 0.15) is 5.76 Å². The third-order valence-corrected chi connectivity index (χ3v) is 6.18. The Balaban J connectivity index is 2.02. The normalized spacial score (nSPS) is 13.7. The Morgan fingerprint density at radius 3 is 2.23 bits per heavy atom. The number of nitrogens with zero attached hydrogens (tertiary/aromatic N) is 1. The van der Waals surface area contributed by atoms with Crippen LogP contribution in [0.5, 0.6) is 0 Å². The summed E-state index contributed by atoms with van der Waals surface area (Å²) in [4.78, 5) is 17.5. The minimum atomic E-state index is -0.495. The lowest BCUT2D eigenvalue weighted by Gasteiger charge is -2.09. The van der Waals surface area contributed by atoms with Crippen LogP contribution in [-0.4, -0.2) is 15.9 Å². The van der Waals surface area contributed by atoms with Crippen molar-refractivity contribution in [2.45, 2.75) is 6.92 Å². The number of carbonyl (C=O) groups excluding carboxylic acids is 1. The number of Topliss-reactive ketones (excluding diaryl/α,β-unsaturated/α-hetero) is 1. The molecule has 0 spiro atoms. The number of aliphatic hydroxyl groups excluding tert-OH is 1. The first kappa shape index (κ1) is 17.6. The first-order chi connectivity index (χ1) is 12.3. The fraction of sp³-hybridized carbons (Fsp3) is 0.0526. The summed E-state index contributed by atoms with van der Waals surface area (Å²) in [5, 5.41) is 11.6. The van der Waals surface area contributed by atoms with E-state index < -0.39 is 5.78 Å². The molecule has 2 aromatic carbocycles. The zero-order valence-electron chi connectivity index (χ0n) is 13.2. The van der Waals surface area contributed by atoms with Gasteiger partial charge in [0.2, 0.25) is 5.78 Å². The van der Waals surface area contributed by atoms with Crippen molar-refractivity contribution in [2.75, 3.05) is 0 Å². The number of aliphatic hydroxyl groups is 1. The molecule has 7 heteroatoms. The molecule has 1 heterocycles.